The smallest absolute Gasteiger partial charge is 0.184 e. The number of nitrogens with zero attached hydrogens (tertiary/aromatic N) is 1. The van der Waals surface area contributed by atoms with E-state index in [0.29, 0.717) is 0 Å². The number of unbranched alkanes of at least 4 members (excludes halogenated alkanes) is 5. The van der Waals surface area contributed by atoms with E-state index in [9.17, 15) is 0 Å². The number of hydrogen-bond acceptors (Lipinski definition) is 3. The maximum absolute atomic E-state index is 5.71. The number of hydrazone groups is 1. The number of ether oxygens (including phenoxy) is 1. The van der Waals surface area contributed by atoms with Crippen LogP contribution < -0.4 is 15.9 Å². The van der Waals surface area contributed by atoms with Crippen LogP contribution in [0.1, 0.15) is 51.0 Å². The maximum atomic E-state index is 5.71. The van der Waals surface area contributed by atoms with Crippen LogP contribution in [0.15, 0.2) is 29.4 Å². The molecule has 0 aromatic heterocycles. The van der Waals surface area contributed by atoms with Gasteiger partial charge in [-0.3, -0.25) is 5.43 Å². The van der Waals surface area contributed by atoms with Gasteiger partial charge in [0, 0.05) is 0 Å². The molecule has 1 aromatic carbocycles. The van der Waals surface area contributed by atoms with E-state index in [4.69, 9.17) is 10.5 Å². The van der Waals surface area contributed by atoms with Crippen LogP contribution >= 0.6 is 12.2 Å². The summed E-state index contributed by atoms with van der Waals surface area (Å²) in [6, 6.07) is 7.78. The van der Waals surface area contributed by atoms with E-state index in [-0.39, 0.29) is 5.11 Å². The summed E-state index contributed by atoms with van der Waals surface area (Å²) >= 11 is 4.66. The summed E-state index contributed by atoms with van der Waals surface area (Å²) in [7, 11) is 0. The van der Waals surface area contributed by atoms with E-state index >= 15 is 0 Å². The Labute approximate surface area is 132 Å². The van der Waals surface area contributed by atoms with Crippen LogP contribution in [0, 0.1) is 0 Å². The quantitative estimate of drug-likeness (QED) is 0.300. The van der Waals surface area contributed by atoms with E-state index in [1.807, 2.05) is 24.3 Å². The zero-order valence-corrected chi connectivity index (χ0v) is 13.5. The largest absolute Gasteiger partial charge is 0.494 e. The number of hydrogen-bond donors (Lipinski definition) is 2. The van der Waals surface area contributed by atoms with Gasteiger partial charge < -0.3 is 10.5 Å². The minimum atomic E-state index is 0.158. The van der Waals surface area contributed by atoms with Crippen molar-refractivity contribution in [3.8, 4) is 5.75 Å². The Morgan fingerprint density at radius 3 is 2.52 bits per heavy atom. The van der Waals surface area contributed by atoms with E-state index in [2.05, 4.69) is 29.7 Å². The second-order valence-corrected chi connectivity index (χ2v) is 5.36. The fourth-order valence-corrected chi connectivity index (χ4v) is 1.95. The van der Waals surface area contributed by atoms with Gasteiger partial charge in [0.25, 0.3) is 0 Å². The van der Waals surface area contributed by atoms with Crippen LogP contribution in [0.2, 0.25) is 0 Å². The summed E-state index contributed by atoms with van der Waals surface area (Å²) in [6.07, 6.45) is 9.30. The second-order valence-electron chi connectivity index (χ2n) is 4.92. The molecule has 0 aliphatic carbocycles. The van der Waals surface area contributed by atoms with E-state index in [1.165, 1.54) is 32.1 Å². The third-order valence-corrected chi connectivity index (χ3v) is 3.13. The topological polar surface area (TPSA) is 59.6 Å². The summed E-state index contributed by atoms with van der Waals surface area (Å²) in [6.45, 7) is 3.01. The summed E-state index contributed by atoms with van der Waals surface area (Å²) in [5.41, 5.74) is 8.76. The molecule has 0 spiro atoms. The van der Waals surface area contributed by atoms with Gasteiger partial charge in [0.05, 0.1) is 12.8 Å². The first-order chi connectivity index (χ1) is 10.2. The first kappa shape index (κ1) is 17.4. The van der Waals surface area contributed by atoms with Crippen molar-refractivity contribution in [2.24, 2.45) is 10.8 Å². The van der Waals surface area contributed by atoms with Crippen LogP contribution in [0.3, 0.4) is 0 Å². The molecule has 0 fully saturated rings. The molecule has 5 heteroatoms. The molecule has 0 saturated heterocycles. The van der Waals surface area contributed by atoms with Crippen molar-refractivity contribution in [3.05, 3.63) is 29.8 Å². The molecule has 0 bridgehead atoms. The van der Waals surface area contributed by atoms with E-state index in [0.717, 1.165) is 24.3 Å². The number of nitrogens with one attached hydrogen (secondary N) is 1. The number of benzene rings is 1. The Hall–Kier alpha value is -1.62. The molecule has 21 heavy (non-hydrogen) atoms. The van der Waals surface area contributed by atoms with E-state index in [1.54, 1.807) is 6.21 Å². The van der Waals surface area contributed by atoms with Gasteiger partial charge in [0.15, 0.2) is 5.11 Å². The van der Waals surface area contributed by atoms with Crippen molar-refractivity contribution < 1.29 is 4.74 Å². The molecule has 0 unspecified atom stereocenters. The number of rotatable bonds is 10. The monoisotopic (exact) mass is 307 g/mol. The molecule has 116 valence electrons. The average Bonchev–Trinajstić information content (AvgIpc) is 2.47. The third-order valence-electron chi connectivity index (χ3n) is 3.04. The highest BCUT2D eigenvalue weighted by molar-refractivity contribution is 7.80. The van der Waals surface area contributed by atoms with Crippen LogP contribution in [-0.4, -0.2) is 17.9 Å². The molecule has 0 radical (unpaired) electrons. The van der Waals surface area contributed by atoms with Gasteiger partial charge in [-0.1, -0.05) is 39.0 Å². The molecule has 0 heterocycles. The van der Waals surface area contributed by atoms with Gasteiger partial charge in [-0.15, -0.1) is 0 Å². The molecule has 1 aromatic rings. The van der Waals surface area contributed by atoms with Gasteiger partial charge in [-0.2, -0.15) is 5.10 Å². The van der Waals surface area contributed by atoms with Crippen molar-refractivity contribution in [2.75, 3.05) is 6.61 Å². The highest BCUT2D eigenvalue weighted by Crippen LogP contribution is 2.12. The Bertz CT molecular complexity index is 432. The first-order valence-corrected chi connectivity index (χ1v) is 7.94. The predicted molar refractivity (Wildman–Crippen MR) is 92.8 cm³/mol. The molecule has 0 saturated carbocycles. The molecule has 0 aliphatic heterocycles. The minimum Gasteiger partial charge on any atom is -0.494 e. The van der Waals surface area contributed by atoms with Crippen LogP contribution in [0.4, 0.5) is 0 Å². The lowest BCUT2D eigenvalue weighted by molar-refractivity contribution is 0.304. The van der Waals surface area contributed by atoms with Crippen molar-refractivity contribution in [1.29, 1.82) is 0 Å². The molecule has 3 N–H and O–H groups in total. The van der Waals surface area contributed by atoms with Crippen LogP contribution in [0.5, 0.6) is 5.75 Å². The fourth-order valence-electron chi connectivity index (χ4n) is 1.89. The third kappa shape index (κ3) is 9.02. The number of thiocarbonyl (C=S) groups is 1. The summed E-state index contributed by atoms with van der Waals surface area (Å²) in [4.78, 5) is 0. The normalized spacial score (nSPS) is 10.7. The molecule has 0 amide bonds. The average molecular weight is 307 g/mol. The lowest BCUT2D eigenvalue weighted by Crippen LogP contribution is -2.23. The lowest BCUT2D eigenvalue weighted by Gasteiger charge is -2.06. The Balaban J connectivity index is 2.19. The molecule has 0 aliphatic rings. The SMILES string of the molecule is CCCCCCCCOc1ccc(/C=N/NC(N)=S)cc1. The number of nitrogens with two attached hydrogens (primary N) is 1. The first-order valence-electron chi connectivity index (χ1n) is 7.53. The Kier molecular flexibility index (Phi) is 9.20. The van der Waals surface area contributed by atoms with E-state index < -0.39 is 0 Å². The Morgan fingerprint density at radius 1 is 1.19 bits per heavy atom. The highest BCUT2D eigenvalue weighted by atomic mass is 32.1. The zero-order valence-electron chi connectivity index (χ0n) is 12.7. The summed E-state index contributed by atoms with van der Waals surface area (Å²) in [5, 5.41) is 4.06. The predicted octanol–water partition coefficient (Wildman–Crippen LogP) is 3.59. The van der Waals surface area contributed by atoms with Gasteiger partial charge in [0.2, 0.25) is 0 Å². The highest BCUT2D eigenvalue weighted by Gasteiger charge is 1.95. The fraction of sp³-hybridized carbons (Fsp3) is 0.500. The van der Waals surface area contributed by atoms with Crippen molar-refractivity contribution >= 4 is 23.5 Å². The molecule has 4 nitrogen and oxygen atoms in total. The standard InChI is InChI=1S/C16H25N3OS/c1-2-3-4-5-6-7-12-20-15-10-8-14(9-11-15)13-18-19-16(17)21/h8-11,13H,2-7,12H2,1H3,(H3,17,19,21)/b18-13+. The lowest BCUT2D eigenvalue weighted by atomic mass is 10.1. The zero-order chi connectivity index (χ0) is 15.3. The molecule has 1 rings (SSSR count). The van der Waals surface area contributed by atoms with Crippen molar-refractivity contribution in [3.63, 3.8) is 0 Å². The van der Waals surface area contributed by atoms with Crippen molar-refractivity contribution in [1.82, 2.24) is 5.43 Å². The minimum absolute atomic E-state index is 0.158. The Morgan fingerprint density at radius 2 is 1.86 bits per heavy atom. The van der Waals surface area contributed by atoms with Gasteiger partial charge in [-0.05, 0) is 48.5 Å². The van der Waals surface area contributed by atoms with Gasteiger partial charge in [0.1, 0.15) is 5.75 Å². The summed E-state index contributed by atoms with van der Waals surface area (Å²) in [5.74, 6) is 0.892. The molecular weight excluding hydrogens is 282 g/mol. The van der Waals surface area contributed by atoms with Crippen molar-refractivity contribution in [2.45, 2.75) is 45.4 Å². The van der Waals surface area contributed by atoms with Crippen LogP contribution in [-0.2, 0) is 0 Å². The second kappa shape index (κ2) is 11.1. The molecule has 0 atom stereocenters. The molecular formula is C16H25N3OS. The van der Waals surface area contributed by atoms with Gasteiger partial charge in [-0.25, -0.2) is 0 Å². The van der Waals surface area contributed by atoms with Gasteiger partial charge >= 0.3 is 0 Å². The maximum Gasteiger partial charge on any atom is 0.184 e. The van der Waals surface area contributed by atoms with Crippen LogP contribution in [0.25, 0.3) is 0 Å². The summed E-state index contributed by atoms with van der Waals surface area (Å²) < 4.78 is 5.71.